The first-order valence-corrected chi connectivity index (χ1v) is 6.46. The highest BCUT2D eigenvalue weighted by Crippen LogP contribution is 2.19. The van der Waals surface area contributed by atoms with E-state index in [1.54, 1.807) is 36.6 Å². The van der Waals surface area contributed by atoms with Gasteiger partial charge in [0.15, 0.2) is 6.04 Å². The van der Waals surface area contributed by atoms with Gasteiger partial charge in [0.2, 0.25) is 0 Å². The van der Waals surface area contributed by atoms with Crippen LogP contribution in [-0.2, 0) is 4.79 Å². The molecule has 98 valence electrons. The monoisotopic (exact) mass is 276 g/mol. The Morgan fingerprint density at radius 1 is 1.37 bits per heavy atom. The summed E-state index contributed by atoms with van der Waals surface area (Å²) in [6, 6.07) is 5.85. The number of carbonyl (C=O) groups is 2. The number of aliphatic carboxylic acids is 1. The van der Waals surface area contributed by atoms with Gasteiger partial charge in [0.25, 0.3) is 5.91 Å². The van der Waals surface area contributed by atoms with Gasteiger partial charge in [-0.15, -0.1) is 11.3 Å². The minimum absolute atomic E-state index is 0.241. The minimum atomic E-state index is -1.09. The zero-order valence-corrected chi connectivity index (χ0v) is 11.0. The van der Waals surface area contributed by atoms with E-state index in [4.69, 9.17) is 0 Å². The Bertz CT molecular complexity index is 596. The number of aromatic nitrogens is 1. The Hall–Kier alpha value is -2.21. The molecule has 2 aromatic heterocycles. The van der Waals surface area contributed by atoms with Crippen molar-refractivity contribution in [2.75, 3.05) is 0 Å². The van der Waals surface area contributed by atoms with E-state index in [1.165, 1.54) is 17.5 Å². The largest absolute Gasteiger partial charge is 0.479 e. The number of carboxylic acids is 1. The van der Waals surface area contributed by atoms with E-state index in [-0.39, 0.29) is 5.69 Å². The number of rotatable bonds is 4. The molecule has 19 heavy (non-hydrogen) atoms. The lowest BCUT2D eigenvalue weighted by atomic mass is 10.2. The van der Waals surface area contributed by atoms with Crippen LogP contribution in [0.2, 0.25) is 0 Å². The second-order valence-corrected chi connectivity index (χ2v) is 4.91. The first-order valence-electron chi connectivity index (χ1n) is 5.58. The molecular weight excluding hydrogens is 264 g/mol. The van der Waals surface area contributed by atoms with Gasteiger partial charge in [-0.2, -0.15) is 0 Å². The average molecular weight is 276 g/mol. The maximum absolute atomic E-state index is 12.0. The molecule has 0 aliphatic carbocycles. The molecule has 6 heteroatoms. The molecule has 0 radical (unpaired) electrons. The molecule has 0 aromatic carbocycles. The molecule has 5 nitrogen and oxygen atoms in total. The first kappa shape index (κ1) is 13.2. The molecule has 0 fully saturated rings. The number of aryl methyl sites for hydroxylation is 1. The van der Waals surface area contributed by atoms with Gasteiger partial charge in [0.1, 0.15) is 5.69 Å². The van der Waals surface area contributed by atoms with Crippen LogP contribution in [-0.4, -0.2) is 22.0 Å². The van der Waals surface area contributed by atoms with Crippen molar-refractivity contribution in [3.05, 3.63) is 52.0 Å². The number of thiophene rings is 1. The Morgan fingerprint density at radius 3 is 2.74 bits per heavy atom. The molecule has 2 aromatic rings. The van der Waals surface area contributed by atoms with Crippen LogP contribution < -0.4 is 5.32 Å². The van der Waals surface area contributed by atoms with Crippen molar-refractivity contribution in [3.63, 3.8) is 0 Å². The van der Waals surface area contributed by atoms with Gasteiger partial charge in [-0.25, -0.2) is 4.79 Å². The first-order chi connectivity index (χ1) is 9.09. The third kappa shape index (κ3) is 2.97. The summed E-state index contributed by atoms with van der Waals surface area (Å²) < 4.78 is 0. The summed E-state index contributed by atoms with van der Waals surface area (Å²) in [5.41, 5.74) is 0.945. The number of nitrogens with one attached hydrogen (secondary N) is 1. The van der Waals surface area contributed by atoms with Gasteiger partial charge < -0.3 is 10.4 Å². The summed E-state index contributed by atoms with van der Waals surface area (Å²) in [5.74, 6) is -1.58. The summed E-state index contributed by atoms with van der Waals surface area (Å²) >= 11 is 1.28. The lowest BCUT2D eigenvalue weighted by molar-refractivity contribution is -0.139. The maximum Gasteiger partial charge on any atom is 0.331 e. The molecule has 2 heterocycles. The minimum Gasteiger partial charge on any atom is -0.479 e. The predicted octanol–water partition coefficient (Wildman–Crippen LogP) is 2.01. The molecule has 0 aliphatic heterocycles. The molecule has 0 spiro atoms. The van der Waals surface area contributed by atoms with Gasteiger partial charge in [-0.05, 0) is 30.0 Å². The number of pyridine rings is 1. The topological polar surface area (TPSA) is 79.3 Å². The van der Waals surface area contributed by atoms with E-state index in [9.17, 15) is 14.7 Å². The molecule has 0 bridgehead atoms. The highest BCUT2D eigenvalue weighted by Gasteiger charge is 2.24. The third-order valence-electron chi connectivity index (χ3n) is 2.57. The molecule has 2 N–H and O–H groups in total. The normalized spacial score (nSPS) is 11.8. The van der Waals surface area contributed by atoms with Crippen molar-refractivity contribution in [2.45, 2.75) is 13.0 Å². The second-order valence-electron chi connectivity index (χ2n) is 3.93. The van der Waals surface area contributed by atoms with Crippen LogP contribution in [0, 0.1) is 6.92 Å². The smallest absolute Gasteiger partial charge is 0.331 e. The third-order valence-corrected chi connectivity index (χ3v) is 3.51. The van der Waals surface area contributed by atoms with Gasteiger partial charge in [0.05, 0.1) is 0 Å². The highest BCUT2D eigenvalue weighted by molar-refractivity contribution is 7.10. The van der Waals surface area contributed by atoms with Crippen LogP contribution in [0.3, 0.4) is 0 Å². The fourth-order valence-corrected chi connectivity index (χ4v) is 2.40. The molecule has 1 unspecified atom stereocenters. The molecule has 0 saturated heterocycles. The summed E-state index contributed by atoms with van der Waals surface area (Å²) in [4.78, 5) is 27.8. The molecule has 1 atom stereocenters. The molecule has 0 aliphatic rings. The predicted molar refractivity (Wildman–Crippen MR) is 71.1 cm³/mol. The zero-order valence-electron chi connectivity index (χ0n) is 10.2. The number of hydrogen-bond acceptors (Lipinski definition) is 4. The summed E-state index contributed by atoms with van der Waals surface area (Å²) in [6.45, 7) is 1.75. The molecule has 2 rings (SSSR count). The van der Waals surface area contributed by atoms with Crippen LogP contribution >= 0.6 is 11.3 Å². The number of hydrogen-bond donors (Lipinski definition) is 2. The van der Waals surface area contributed by atoms with Gasteiger partial charge in [-0.1, -0.05) is 12.1 Å². The van der Waals surface area contributed by atoms with Crippen LogP contribution in [0.5, 0.6) is 0 Å². The van der Waals surface area contributed by atoms with Crippen molar-refractivity contribution in [2.24, 2.45) is 0 Å². The number of carboxylic acid groups (broad SMARTS) is 1. The van der Waals surface area contributed by atoms with Gasteiger partial charge in [-0.3, -0.25) is 9.78 Å². The fourth-order valence-electron chi connectivity index (χ4n) is 1.63. The Balaban J connectivity index is 2.21. The number of nitrogens with zero attached hydrogens (tertiary/aromatic N) is 1. The molecule has 0 saturated carbocycles. The van der Waals surface area contributed by atoms with Crippen LogP contribution in [0.15, 0.2) is 35.8 Å². The summed E-state index contributed by atoms with van der Waals surface area (Å²) in [6.07, 6.45) is 1.50. The van der Waals surface area contributed by atoms with Crippen molar-refractivity contribution in [1.29, 1.82) is 0 Å². The summed E-state index contributed by atoms with van der Waals surface area (Å²) in [7, 11) is 0. The van der Waals surface area contributed by atoms with E-state index in [1.807, 2.05) is 0 Å². The maximum atomic E-state index is 12.0. The van der Waals surface area contributed by atoms with Crippen molar-refractivity contribution in [1.82, 2.24) is 10.3 Å². The van der Waals surface area contributed by atoms with Crippen LogP contribution in [0.25, 0.3) is 0 Å². The van der Waals surface area contributed by atoms with E-state index in [0.29, 0.717) is 10.4 Å². The quantitative estimate of drug-likeness (QED) is 0.895. The lowest BCUT2D eigenvalue weighted by Gasteiger charge is -2.13. The SMILES string of the molecule is Cc1cccnc1C(=O)NC(C(=O)O)c1cccs1. The van der Waals surface area contributed by atoms with Gasteiger partial charge >= 0.3 is 5.97 Å². The Kier molecular flexibility index (Phi) is 3.91. The van der Waals surface area contributed by atoms with E-state index in [0.717, 1.165) is 0 Å². The number of amides is 1. The van der Waals surface area contributed by atoms with Gasteiger partial charge in [0, 0.05) is 11.1 Å². The number of carbonyl (C=O) groups excluding carboxylic acids is 1. The molecular formula is C13H12N2O3S. The average Bonchev–Trinajstić information content (AvgIpc) is 2.89. The highest BCUT2D eigenvalue weighted by atomic mass is 32.1. The van der Waals surface area contributed by atoms with Crippen molar-refractivity contribution >= 4 is 23.2 Å². The Morgan fingerprint density at radius 2 is 2.16 bits per heavy atom. The van der Waals surface area contributed by atoms with E-state index >= 15 is 0 Å². The molecule has 1 amide bonds. The Labute approximate surface area is 113 Å². The van der Waals surface area contributed by atoms with E-state index < -0.39 is 17.9 Å². The van der Waals surface area contributed by atoms with E-state index in [2.05, 4.69) is 10.3 Å². The summed E-state index contributed by atoms with van der Waals surface area (Å²) in [5, 5.41) is 13.4. The van der Waals surface area contributed by atoms with Crippen molar-refractivity contribution in [3.8, 4) is 0 Å². The fraction of sp³-hybridized carbons (Fsp3) is 0.154. The second kappa shape index (κ2) is 5.62. The lowest BCUT2D eigenvalue weighted by Crippen LogP contribution is -2.34. The van der Waals surface area contributed by atoms with Crippen LogP contribution in [0.1, 0.15) is 27.0 Å². The zero-order chi connectivity index (χ0) is 13.8. The van der Waals surface area contributed by atoms with Crippen LogP contribution in [0.4, 0.5) is 0 Å². The standard InChI is InChI=1S/C13H12N2O3S/c1-8-4-2-6-14-10(8)12(16)15-11(13(17)18)9-5-3-7-19-9/h2-7,11H,1H3,(H,15,16)(H,17,18). The van der Waals surface area contributed by atoms with Crippen molar-refractivity contribution < 1.29 is 14.7 Å².